The Bertz CT molecular complexity index is 256. The van der Waals surface area contributed by atoms with Crippen molar-refractivity contribution in [2.24, 2.45) is 17.6 Å². The van der Waals surface area contributed by atoms with Gasteiger partial charge in [0.2, 0.25) is 0 Å². The van der Waals surface area contributed by atoms with Crippen LogP contribution in [0.5, 0.6) is 0 Å². The van der Waals surface area contributed by atoms with Crippen molar-refractivity contribution < 1.29 is 0 Å². The van der Waals surface area contributed by atoms with Crippen molar-refractivity contribution >= 4 is 0 Å². The van der Waals surface area contributed by atoms with Crippen LogP contribution < -0.4 is 11.1 Å². The molecule has 3 saturated heterocycles. The molecule has 0 spiro atoms. The number of likely N-dealkylation sites (tertiary alicyclic amines) is 1. The predicted octanol–water partition coefficient (Wildman–Crippen LogP) is 0.796. The Hall–Kier alpha value is -0.120. The molecular formula is C13H25N3. The van der Waals surface area contributed by atoms with Crippen molar-refractivity contribution in [3.63, 3.8) is 0 Å². The number of nitrogens with two attached hydrogens (primary N) is 1. The molecule has 0 radical (unpaired) electrons. The van der Waals surface area contributed by atoms with E-state index in [0.29, 0.717) is 6.04 Å². The maximum Gasteiger partial charge on any atom is 0.0116 e. The van der Waals surface area contributed by atoms with E-state index in [1.54, 1.807) is 0 Å². The van der Waals surface area contributed by atoms with Crippen LogP contribution in [0.25, 0.3) is 0 Å². The normalized spacial score (nSPS) is 49.5. The van der Waals surface area contributed by atoms with Crippen molar-refractivity contribution in [3.8, 4) is 0 Å². The maximum absolute atomic E-state index is 6.42. The van der Waals surface area contributed by atoms with Gasteiger partial charge in [-0.1, -0.05) is 0 Å². The molecule has 92 valence electrons. The first-order valence-electron chi connectivity index (χ1n) is 6.94. The van der Waals surface area contributed by atoms with Crippen molar-refractivity contribution in [1.29, 1.82) is 0 Å². The summed E-state index contributed by atoms with van der Waals surface area (Å²) in [5.74, 6) is 1.58. The smallest absolute Gasteiger partial charge is 0.0116 e. The van der Waals surface area contributed by atoms with Crippen molar-refractivity contribution in [2.75, 3.05) is 20.1 Å². The van der Waals surface area contributed by atoms with Crippen LogP contribution in [0, 0.1) is 11.8 Å². The largest absolute Gasteiger partial charge is 0.327 e. The third-order valence-electron chi connectivity index (χ3n) is 5.00. The summed E-state index contributed by atoms with van der Waals surface area (Å²) < 4.78 is 0. The molecule has 0 aromatic carbocycles. The fourth-order valence-electron chi connectivity index (χ4n) is 4.32. The fraction of sp³-hybridized carbons (Fsp3) is 1.00. The molecule has 3 heteroatoms. The first kappa shape index (κ1) is 11.0. The van der Waals surface area contributed by atoms with Crippen LogP contribution in [0.1, 0.15) is 32.1 Å². The molecule has 2 bridgehead atoms. The Kier molecular flexibility index (Phi) is 2.94. The summed E-state index contributed by atoms with van der Waals surface area (Å²) in [6.45, 7) is 2.54. The van der Waals surface area contributed by atoms with Gasteiger partial charge < -0.3 is 16.0 Å². The van der Waals surface area contributed by atoms with Gasteiger partial charge in [0, 0.05) is 24.7 Å². The predicted molar refractivity (Wildman–Crippen MR) is 66.2 cm³/mol. The van der Waals surface area contributed by atoms with Crippen molar-refractivity contribution in [1.82, 2.24) is 10.2 Å². The molecule has 0 amide bonds. The molecule has 0 saturated carbocycles. The second-order valence-electron chi connectivity index (χ2n) is 6.19. The molecule has 3 fully saturated rings. The van der Waals surface area contributed by atoms with Gasteiger partial charge >= 0.3 is 0 Å². The topological polar surface area (TPSA) is 41.3 Å². The minimum absolute atomic E-state index is 0.454. The Balaban J connectivity index is 1.71. The molecule has 16 heavy (non-hydrogen) atoms. The lowest BCUT2D eigenvalue weighted by Gasteiger charge is -2.43. The molecule has 3 nitrogen and oxygen atoms in total. The van der Waals surface area contributed by atoms with Gasteiger partial charge in [-0.25, -0.2) is 0 Å². The summed E-state index contributed by atoms with van der Waals surface area (Å²) in [4.78, 5) is 2.49. The standard InChI is InChI=1S/C13H25N3/c1-16-6-2-3-9(8-16)13-11(14)7-10-4-5-12(13)15-10/h9-13,15H,2-8,14H2,1H3. The van der Waals surface area contributed by atoms with Gasteiger partial charge in [0.15, 0.2) is 0 Å². The Morgan fingerprint density at radius 1 is 1.25 bits per heavy atom. The van der Waals surface area contributed by atoms with Crippen LogP contribution in [-0.2, 0) is 0 Å². The van der Waals surface area contributed by atoms with E-state index in [1.165, 1.54) is 45.2 Å². The van der Waals surface area contributed by atoms with Crippen molar-refractivity contribution in [2.45, 2.75) is 50.2 Å². The second-order valence-corrected chi connectivity index (χ2v) is 6.19. The lowest BCUT2D eigenvalue weighted by atomic mass is 9.74. The van der Waals surface area contributed by atoms with Gasteiger partial charge in [0.1, 0.15) is 0 Å². The highest BCUT2D eigenvalue weighted by molar-refractivity contribution is 5.02. The molecular weight excluding hydrogens is 198 g/mol. The number of rotatable bonds is 1. The first-order chi connectivity index (χ1) is 7.74. The van der Waals surface area contributed by atoms with E-state index < -0.39 is 0 Å². The number of fused-ring (bicyclic) bond motifs is 2. The molecule has 3 N–H and O–H groups in total. The molecule has 3 aliphatic heterocycles. The molecule has 0 aromatic heterocycles. The molecule has 0 aromatic rings. The van der Waals surface area contributed by atoms with Gasteiger partial charge in [0.25, 0.3) is 0 Å². The fourth-order valence-corrected chi connectivity index (χ4v) is 4.32. The lowest BCUT2D eigenvalue weighted by Crippen LogP contribution is -2.56. The van der Waals surface area contributed by atoms with Crippen LogP contribution in [0.3, 0.4) is 0 Å². The van der Waals surface area contributed by atoms with E-state index in [0.717, 1.165) is 23.9 Å². The van der Waals surface area contributed by atoms with Crippen LogP contribution in [0.4, 0.5) is 0 Å². The van der Waals surface area contributed by atoms with Gasteiger partial charge in [-0.2, -0.15) is 0 Å². The summed E-state index contributed by atoms with van der Waals surface area (Å²) in [5, 5.41) is 3.78. The maximum atomic E-state index is 6.42. The molecule has 3 aliphatic rings. The van der Waals surface area contributed by atoms with E-state index in [2.05, 4.69) is 17.3 Å². The molecule has 3 heterocycles. The van der Waals surface area contributed by atoms with E-state index in [1.807, 2.05) is 0 Å². The zero-order valence-corrected chi connectivity index (χ0v) is 10.4. The van der Waals surface area contributed by atoms with E-state index in [9.17, 15) is 0 Å². The van der Waals surface area contributed by atoms with Crippen LogP contribution in [0.15, 0.2) is 0 Å². The number of nitrogens with zero attached hydrogens (tertiary/aromatic N) is 1. The monoisotopic (exact) mass is 223 g/mol. The van der Waals surface area contributed by atoms with Gasteiger partial charge in [-0.3, -0.25) is 0 Å². The van der Waals surface area contributed by atoms with Gasteiger partial charge in [0.05, 0.1) is 0 Å². The summed E-state index contributed by atoms with van der Waals surface area (Å²) in [5.41, 5.74) is 6.42. The van der Waals surface area contributed by atoms with Gasteiger partial charge in [-0.15, -0.1) is 0 Å². The minimum Gasteiger partial charge on any atom is -0.327 e. The SMILES string of the molecule is CN1CCCC(C2C(N)CC3CCC2N3)C1. The third kappa shape index (κ3) is 1.89. The summed E-state index contributed by atoms with van der Waals surface area (Å²) in [6.07, 6.45) is 6.69. The second kappa shape index (κ2) is 4.28. The summed E-state index contributed by atoms with van der Waals surface area (Å²) in [7, 11) is 2.26. The highest BCUT2D eigenvalue weighted by Gasteiger charge is 2.43. The van der Waals surface area contributed by atoms with E-state index in [-0.39, 0.29) is 0 Å². The summed E-state index contributed by atoms with van der Waals surface area (Å²) >= 11 is 0. The van der Waals surface area contributed by atoms with E-state index in [4.69, 9.17) is 5.73 Å². The Morgan fingerprint density at radius 2 is 2.12 bits per heavy atom. The Labute approximate surface area is 98.8 Å². The molecule has 5 atom stereocenters. The number of nitrogens with one attached hydrogen (secondary N) is 1. The van der Waals surface area contributed by atoms with Crippen LogP contribution in [0.2, 0.25) is 0 Å². The van der Waals surface area contributed by atoms with E-state index >= 15 is 0 Å². The van der Waals surface area contributed by atoms with Crippen LogP contribution >= 0.6 is 0 Å². The summed E-state index contributed by atoms with van der Waals surface area (Å²) in [6, 6.07) is 1.91. The average molecular weight is 223 g/mol. The highest BCUT2D eigenvalue weighted by atomic mass is 15.1. The minimum atomic E-state index is 0.454. The zero-order chi connectivity index (χ0) is 11.1. The third-order valence-corrected chi connectivity index (χ3v) is 5.00. The Morgan fingerprint density at radius 3 is 2.94 bits per heavy atom. The zero-order valence-electron chi connectivity index (χ0n) is 10.4. The highest BCUT2D eigenvalue weighted by Crippen LogP contribution is 2.38. The lowest BCUT2D eigenvalue weighted by molar-refractivity contribution is 0.102. The van der Waals surface area contributed by atoms with Crippen molar-refractivity contribution in [3.05, 3.63) is 0 Å². The number of hydrogen-bond donors (Lipinski definition) is 2. The number of hydrogen-bond acceptors (Lipinski definition) is 3. The quantitative estimate of drug-likeness (QED) is 0.691. The van der Waals surface area contributed by atoms with Crippen LogP contribution in [-0.4, -0.2) is 43.2 Å². The molecule has 3 rings (SSSR count). The van der Waals surface area contributed by atoms with Gasteiger partial charge in [-0.05, 0) is 57.5 Å². The first-order valence-corrected chi connectivity index (χ1v) is 6.94. The molecule has 5 unspecified atom stereocenters. The average Bonchev–Trinajstić information content (AvgIpc) is 2.61. The molecule has 0 aliphatic carbocycles. The number of piperidine rings is 2.